The number of aromatic amines is 1. The first-order valence-electron chi connectivity index (χ1n) is 21.9. The van der Waals surface area contributed by atoms with Gasteiger partial charge < -0.3 is 19.9 Å². The molecule has 0 spiro atoms. The largest absolute Gasteiger partial charge is 0.493 e. The second-order valence-corrected chi connectivity index (χ2v) is 16.4. The van der Waals surface area contributed by atoms with Gasteiger partial charge in [0.2, 0.25) is 11.8 Å². The van der Waals surface area contributed by atoms with Crippen LogP contribution in [0.2, 0.25) is 0 Å². The van der Waals surface area contributed by atoms with Crippen molar-refractivity contribution in [1.82, 2.24) is 14.5 Å². The van der Waals surface area contributed by atoms with Gasteiger partial charge in [0.1, 0.15) is 17.4 Å². The topological polar surface area (TPSA) is 135 Å². The molecule has 0 radical (unpaired) electrons. The monoisotopic (exact) mass is 786 g/mol. The van der Waals surface area contributed by atoms with E-state index in [1.165, 1.54) is 108 Å². The number of amides is 2. The van der Waals surface area contributed by atoms with Crippen LogP contribution in [0, 0.1) is 6.92 Å². The molecular weight excluding hydrogens is 711 g/mol. The predicted octanol–water partition coefficient (Wildman–Crippen LogP) is 11.1. The van der Waals surface area contributed by atoms with Gasteiger partial charge in [-0.2, -0.15) is 11.8 Å². The maximum atomic E-state index is 12.7. The molecule has 0 unspecified atom stereocenters. The number of hydrogen-bond acceptors (Lipinski definition) is 7. The third-order valence-corrected chi connectivity index (χ3v) is 11.1. The molecule has 0 aliphatic heterocycles. The van der Waals surface area contributed by atoms with E-state index in [4.69, 9.17) is 4.74 Å². The van der Waals surface area contributed by atoms with Crippen LogP contribution >= 0.6 is 11.8 Å². The lowest BCUT2D eigenvalue weighted by atomic mass is 10.1. The second kappa shape index (κ2) is 32.1. The lowest BCUT2D eigenvalue weighted by Crippen LogP contribution is -2.30. The smallest absolute Gasteiger partial charge is 0.328 e. The number of aromatic nitrogens is 3. The molecule has 2 aromatic rings. The first kappa shape index (κ1) is 48.1. The lowest BCUT2D eigenvalue weighted by Gasteiger charge is -2.12. The summed E-state index contributed by atoms with van der Waals surface area (Å²) >= 11 is 2.04. The van der Waals surface area contributed by atoms with E-state index in [1.807, 2.05) is 11.8 Å². The Morgan fingerprint density at radius 2 is 1.11 bits per heavy atom. The molecule has 0 saturated heterocycles. The van der Waals surface area contributed by atoms with Gasteiger partial charge in [-0.05, 0) is 57.0 Å². The highest BCUT2D eigenvalue weighted by Crippen LogP contribution is 2.23. The van der Waals surface area contributed by atoms with Crippen LogP contribution in [-0.4, -0.2) is 44.5 Å². The van der Waals surface area contributed by atoms with Crippen LogP contribution in [0.25, 0.3) is 0 Å². The number of unbranched alkanes of at least 4 members (excludes halogenated alkanes) is 20. The van der Waals surface area contributed by atoms with Gasteiger partial charge in [0.25, 0.3) is 5.56 Å². The number of carbonyl (C=O) groups excluding carboxylic acids is 2. The van der Waals surface area contributed by atoms with Crippen molar-refractivity contribution in [1.29, 1.82) is 0 Å². The molecule has 55 heavy (non-hydrogen) atoms. The van der Waals surface area contributed by atoms with E-state index in [2.05, 4.69) is 34.4 Å². The molecule has 3 N–H and O–H groups in total. The van der Waals surface area contributed by atoms with Crippen LogP contribution in [0.1, 0.15) is 186 Å². The summed E-state index contributed by atoms with van der Waals surface area (Å²) in [4.78, 5) is 55.8. The second-order valence-electron chi connectivity index (χ2n) is 15.2. The molecule has 0 fully saturated rings. The Hall–Kier alpha value is -3.08. The van der Waals surface area contributed by atoms with E-state index in [0.717, 1.165) is 57.8 Å². The third kappa shape index (κ3) is 24.9. The van der Waals surface area contributed by atoms with Crippen LogP contribution in [-0.2, 0) is 16.1 Å². The molecule has 2 amide bonds. The van der Waals surface area contributed by atoms with Crippen molar-refractivity contribution in [2.24, 2.45) is 0 Å². The molecule has 11 heteroatoms. The zero-order chi connectivity index (χ0) is 39.8. The minimum absolute atomic E-state index is 0.0532. The van der Waals surface area contributed by atoms with Crippen LogP contribution < -0.4 is 26.6 Å². The van der Waals surface area contributed by atoms with Gasteiger partial charge >= 0.3 is 5.69 Å². The fourth-order valence-electron chi connectivity index (χ4n) is 6.54. The van der Waals surface area contributed by atoms with Gasteiger partial charge in [0.15, 0.2) is 0 Å². The first-order chi connectivity index (χ1) is 26.8. The highest BCUT2D eigenvalue weighted by molar-refractivity contribution is 7.99. The maximum absolute atomic E-state index is 12.7. The van der Waals surface area contributed by atoms with Crippen molar-refractivity contribution >= 4 is 35.2 Å². The number of hydrogen-bond donors (Lipinski definition) is 3. The quantitative estimate of drug-likeness (QED) is 0.0592. The Morgan fingerprint density at radius 1 is 0.655 bits per heavy atom. The summed E-state index contributed by atoms with van der Waals surface area (Å²) in [6.45, 7) is 7.40. The zero-order valence-electron chi connectivity index (χ0n) is 34.8. The summed E-state index contributed by atoms with van der Waals surface area (Å²) in [5.74, 6) is 3.73. The molecule has 312 valence electrons. The Kier molecular flexibility index (Phi) is 28.0. The number of aryl methyl sites for hydroxylation is 2. The Balaban J connectivity index is 1.62. The van der Waals surface area contributed by atoms with E-state index >= 15 is 0 Å². The summed E-state index contributed by atoms with van der Waals surface area (Å²) in [7, 11) is 0. The fraction of sp³-hybridized carbons (Fsp3) is 0.750. The number of ether oxygens (including phenoxy) is 1. The van der Waals surface area contributed by atoms with Gasteiger partial charge in [-0.1, -0.05) is 129 Å². The highest BCUT2D eigenvalue weighted by atomic mass is 32.2. The summed E-state index contributed by atoms with van der Waals surface area (Å²) in [5.41, 5.74) is -0.0482. The minimum atomic E-state index is -0.319. The van der Waals surface area contributed by atoms with E-state index in [0.29, 0.717) is 48.9 Å². The summed E-state index contributed by atoms with van der Waals surface area (Å²) in [6, 6.07) is 3.54. The highest BCUT2D eigenvalue weighted by Gasteiger charge is 2.11. The first-order valence-corrected chi connectivity index (χ1v) is 23.1. The molecular formula is C44H75N5O5S. The van der Waals surface area contributed by atoms with Gasteiger partial charge in [-0.25, -0.2) is 9.78 Å². The van der Waals surface area contributed by atoms with Gasteiger partial charge in [-0.15, -0.1) is 0 Å². The molecule has 0 aliphatic carbocycles. The van der Waals surface area contributed by atoms with Gasteiger partial charge in [-0.3, -0.25) is 19.4 Å². The van der Waals surface area contributed by atoms with Gasteiger partial charge in [0, 0.05) is 43.3 Å². The number of anilines is 2. The Labute approximate surface area is 336 Å². The van der Waals surface area contributed by atoms with Crippen molar-refractivity contribution < 1.29 is 14.3 Å². The molecule has 0 atom stereocenters. The Morgan fingerprint density at radius 3 is 1.64 bits per heavy atom. The molecule has 2 aromatic heterocycles. The maximum Gasteiger partial charge on any atom is 0.328 e. The number of H-pyrrole nitrogens is 1. The Bertz CT molecular complexity index is 1380. The number of rotatable bonds is 35. The van der Waals surface area contributed by atoms with Crippen LogP contribution in [0.3, 0.4) is 0 Å². The van der Waals surface area contributed by atoms with E-state index in [-0.39, 0.29) is 23.1 Å². The fourth-order valence-corrected chi connectivity index (χ4v) is 7.56. The third-order valence-electron chi connectivity index (χ3n) is 9.93. The standard InChI is InChI=1S/C44H75N5O5S/c1-4-6-8-10-12-16-22-28-41(50)46-39-34-38(35-40(45-39)47-42(51)29-23-17-13-11-9-7-5-2)54-31-25-19-14-15-20-26-32-55-33-27-21-18-24-30-49-36-37(3)43(52)48-44(49)53/h34-36H,4-33H2,1-3H3,(H,48,52,53)(H2,45,46,47,50,51). The van der Waals surface area contributed by atoms with Crippen LogP contribution in [0.15, 0.2) is 27.9 Å². The van der Waals surface area contributed by atoms with E-state index < -0.39 is 0 Å². The SMILES string of the molecule is CCCCCCCCCC(=O)Nc1cc(OCCCCCCCCSCCCCCCn2cc(C)c(=O)[nH]c2=O)cc(NC(=O)CCCCCCCCC)n1. The molecule has 0 aromatic carbocycles. The number of nitrogens with one attached hydrogen (secondary N) is 3. The van der Waals surface area contributed by atoms with Gasteiger partial charge in [0.05, 0.1) is 6.61 Å². The number of pyridine rings is 1. The summed E-state index contributed by atoms with van der Waals surface area (Å²) in [5, 5.41) is 5.89. The van der Waals surface area contributed by atoms with E-state index in [1.54, 1.807) is 29.8 Å². The molecule has 0 bridgehead atoms. The van der Waals surface area contributed by atoms with Crippen molar-refractivity contribution in [2.75, 3.05) is 28.7 Å². The number of thioether (sulfide) groups is 1. The predicted molar refractivity (Wildman–Crippen MR) is 232 cm³/mol. The average molecular weight is 786 g/mol. The zero-order valence-corrected chi connectivity index (χ0v) is 35.6. The van der Waals surface area contributed by atoms with Crippen molar-refractivity contribution in [2.45, 2.75) is 194 Å². The summed E-state index contributed by atoms with van der Waals surface area (Å²) < 4.78 is 7.72. The number of carbonyl (C=O) groups is 2. The normalized spacial score (nSPS) is 11.2. The lowest BCUT2D eigenvalue weighted by molar-refractivity contribution is -0.117. The van der Waals surface area contributed by atoms with Crippen molar-refractivity contribution in [3.8, 4) is 5.75 Å². The summed E-state index contributed by atoms with van der Waals surface area (Å²) in [6.07, 6.45) is 30.1. The average Bonchev–Trinajstić information content (AvgIpc) is 3.15. The molecule has 0 aliphatic rings. The molecule has 0 saturated carbocycles. The number of nitrogens with zero attached hydrogens (tertiary/aromatic N) is 2. The molecule has 10 nitrogen and oxygen atoms in total. The molecule has 2 rings (SSSR count). The van der Waals surface area contributed by atoms with Crippen LogP contribution in [0.5, 0.6) is 5.75 Å². The molecule has 2 heterocycles. The van der Waals surface area contributed by atoms with Crippen molar-refractivity contribution in [3.63, 3.8) is 0 Å². The van der Waals surface area contributed by atoms with E-state index in [9.17, 15) is 19.2 Å². The minimum Gasteiger partial charge on any atom is -0.493 e. The van der Waals surface area contributed by atoms with Crippen molar-refractivity contribution in [3.05, 3.63) is 44.7 Å². The van der Waals surface area contributed by atoms with Crippen LogP contribution in [0.4, 0.5) is 11.6 Å².